The van der Waals surface area contributed by atoms with Gasteiger partial charge in [0.05, 0.1) is 5.69 Å². The fraction of sp³-hybridized carbons (Fsp3) is 0.0333. The molecule has 1 aliphatic rings. The lowest BCUT2D eigenvalue weighted by molar-refractivity contribution is 0.714. The minimum atomic E-state index is -0.309. The van der Waals surface area contributed by atoms with Crippen LogP contribution < -0.4 is 4.90 Å². The van der Waals surface area contributed by atoms with Gasteiger partial charge in [-0.1, -0.05) is 206 Å². The van der Waals surface area contributed by atoms with E-state index >= 15 is 0 Å². The molecule has 1 aliphatic carbocycles. The summed E-state index contributed by atoms with van der Waals surface area (Å²) in [5, 5.41) is 2.52. The zero-order valence-corrected chi connectivity index (χ0v) is 34.0. The summed E-state index contributed by atoms with van der Waals surface area (Å²) < 4.78 is 0. The Kier molecular flexibility index (Phi) is 9.02. The van der Waals surface area contributed by atoms with Crippen molar-refractivity contribution in [1.29, 1.82) is 0 Å². The summed E-state index contributed by atoms with van der Waals surface area (Å²) in [5.41, 5.74) is 19.2. The van der Waals surface area contributed by atoms with Gasteiger partial charge in [0.25, 0.3) is 0 Å². The Bertz CT molecular complexity index is 3180. The second kappa shape index (κ2) is 15.1. The molecule has 1 nitrogen and oxygen atoms in total. The maximum absolute atomic E-state index is 2.46. The van der Waals surface area contributed by atoms with Crippen molar-refractivity contribution in [2.24, 2.45) is 0 Å². The lowest BCUT2D eigenvalue weighted by Gasteiger charge is -2.31. The number of rotatable bonds is 8. The third-order valence-electron chi connectivity index (χ3n) is 12.8. The van der Waals surface area contributed by atoms with Crippen LogP contribution in [0.25, 0.3) is 66.4 Å². The van der Waals surface area contributed by atoms with Crippen LogP contribution >= 0.6 is 0 Å². The van der Waals surface area contributed by atoms with E-state index in [1.807, 2.05) is 0 Å². The monoisotopic (exact) mass is 777 g/mol. The Hall–Kier alpha value is -7.74. The van der Waals surface area contributed by atoms with E-state index < -0.39 is 0 Å². The van der Waals surface area contributed by atoms with Gasteiger partial charge < -0.3 is 4.90 Å². The topological polar surface area (TPSA) is 3.24 Å². The molecule has 0 radical (unpaired) electrons. The van der Waals surface area contributed by atoms with E-state index in [-0.39, 0.29) is 5.41 Å². The molecule has 0 amide bonds. The van der Waals surface area contributed by atoms with Gasteiger partial charge in [0.15, 0.2) is 0 Å². The first-order valence-corrected chi connectivity index (χ1v) is 21.2. The second-order valence-electron chi connectivity index (χ2n) is 16.2. The normalized spacial score (nSPS) is 14.0. The highest BCUT2D eigenvalue weighted by Gasteiger charge is 2.42. The van der Waals surface area contributed by atoms with Crippen molar-refractivity contribution in [3.8, 4) is 55.6 Å². The molecule has 0 bridgehead atoms. The number of hydrogen-bond donors (Lipinski definition) is 0. The van der Waals surface area contributed by atoms with Gasteiger partial charge in [-0.05, 0) is 121 Å². The summed E-state index contributed by atoms with van der Waals surface area (Å²) in [5.74, 6) is 0. The van der Waals surface area contributed by atoms with Crippen LogP contribution in [0.5, 0.6) is 0 Å². The predicted octanol–water partition coefficient (Wildman–Crippen LogP) is 16.3. The quantitative estimate of drug-likeness (QED) is 0.149. The van der Waals surface area contributed by atoms with Crippen molar-refractivity contribution in [3.05, 3.63) is 259 Å². The lowest BCUT2D eigenvalue weighted by Crippen LogP contribution is -2.22. The number of anilines is 3. The standard InChI is InChI=1S/C60H43N/c1-60(50-23-6-3-7-24-50)56-29-11-10-27-55(56)59-57(60)30-15-31-58(59)61(51-38-36-44(37-39-51)48-21-12-20-47(40-48)42-16-4-2-5-17-42)52-25-13-22-49(41-52)43-32-34-46(35-33-43)54-28-14-19-45-18-8-9-26-53(45)54/h2-41H,1H3. The molecule has 61 heavy (non-hydrogen) atoms. The van der Waals surface area contributed by atoms with E-state index in [2.05, 4.69) is 254 Å². The molecule has 0 heterocycles. The smallest absolute Gasteiger partial charge is 0.0543 e. The average molecular weight is 778 g/mol. The van der Waals surface area contributed by atoms with Gasteiger partial charge in [0, 0.05) is 22.4 Å². The summed E-state index contributed by atoms with van der Waals surface area (Å²) in [7, 11) is 0. The molecule has 0 saturated carbocycles. The molecule has 0 saturated heterocycles. The molecule has 1 heteroatoms. The zero-order valence-electron chi connectivity index (χ0n) is 34.0. The van der Waals surface area contributed by atoms with E-state index in [4.69, 9.17) is 0 Å². The molecule has 288 valence electrons. The van der Waals surface area contributed by atoms with Crippen LogP contribution in [0.2, 0.25) is 0 Å². The van der Waals surface area contributed by atoms with E-state index in [0.717, 1.165) is 17.1 Å². The first-order valence-electron chi connectivity index (χ1n) is 21.2. The minimum Gasteiger partial charge on any atom is -0.310 e. The van der Waals surface area contributed by atoms with Crippen LogP contribution in [-0.2, 0) is 5.41 Å². The molecular weight excluding hydrogens is 735 g/mol. The van der Waals surface area contributed by atoms with Crippen molar-refractivity contribution in [1.82, 2.24) is 0 Å². The fourth-order valence-corrected chi connectivity index (χ4v) is 9.67. The Morgan fingerprint density at radius 1 is 0.328 bits per heavy atom. The van der Waals surface area contributed by atoms with Gasteiger partial charge >= 0.3 is 0 Å². The number of fused-ring (bicyclic) bond motifs is 4. The zero-order chi connectivity index (χ0) is 40.8. The van der Waals surface area contributed by atoms with Gasteiger partial charge in [0.1, 0.15) is 0 Å². The maximum atomic E-state index is 2.46. The van der Waals surface area contributed by atoms with Crippen molar-refractivity contribution < 1.29 is 0 Å². The molecule has 0 N–H and O–H groups in total. The maximum Gasteiger partial charge on any atom is 0.0543 e. The summed E-state index contributed by atoms with van der Waals surface area (Å²) in [4.78, 5) is 2.46. The Labute approximate surface area is 358 Å². The van der Waals surface area contributed by atoms with E-state index in [1.165, 1.54) is 83.1 Å². The van der Waals surface area contributed by atoms with Crippen molar-refractivity contribution >= 4 is 27.8 Å². The SMILES string of the molecule is CC1(c2ccccc2)c2ccccc2-c2c(N(c3ccc(-c4cccc(-c5ccccc5)c4)cc3)c3cccc(-c4ccc(-c5cccc6ccccc56)cc4)c3)cccc21. The van der Waals surface area contributed by atoms with E-state index in [1.54, 1.807) is 0 Å². The van der Waals surface area contributed by atoms with Crippen molar-refractivity contribution in [3.63, 3.8) is 0 Å². The van der Waals surface area contributed by atoms with Crippen LogP contribution in [-0.4, -0.2) is 0 Å². The molecule has 11 rings (SSSR count). The molecule has 10 aromatic carbocycles. The van der Waals surface area contributed by atoms with Crippen LogP contribution in [0, 0.1) is 0 Å². The van der Waals surface area contributed by atoms with Gasteiger partial charge in [0.2, 0.25) is 0 Å². The first-order chi connectivity index (χ1) is 30.1. The first kappa shape index (κ1) is 36.3. The second-order valence-corrected chi connectivity index (χ2v) is 16.2. The summed E-state index contributed by atoms with van der Waals surface area (Å²) >= 11 is 0. The minimum absolute atomic E-state index is 0.309. The van der Waals surface area contributed by atoms with Crippen LogP contribution in [0.1, 0.15) is 23.6 Å². The van der Waals surface area contributed by atoms with Crippen molar-refractivity contribution in [2.45, 2.75) is 12.3 Å². The third-order valence-corrected chi connectivity index (χ3v) is 12.8. The molecule has 10 aromatic rings. The predicted molar refractivity (Wildman–Crippen MR) is 258 cm³/mol. The van der Waals surface area contributed by atoms with Crippen LogP contribution in [0.4, 0.5) is 17.1 Å². The highest BCUT2D eigenvalue weighted by atomic mass is 15.1. The average Bonchev–Trinajstić information content (AvgIpc) is 3.61. The van der Waals surface area contributed by atoms with E-state index in [9.17, 15) is 0 Å². The lowest BCUT2D eigenvalue weighted by atomic mass is 9.74. The molecule has 0 spiro atoms. The Balaban J connectivity index is 1.05. The molecule has 0 aliphatic heterocycles. The van der Waals surface area contributed by atoms with Gasteiger partial charge in [-0.25, -0.2) is 0 Å². The highest BCUT2D eigenvalue weighted by Crippen LogP contribution is 2.56. The summed E-state index contributed by atoms with van der Waals surface area (Å²) in [6, 6.07) is 88.7. The third kappa shape index (κ3) is 6.34. The van der Waals surface area contributed by atoms with Crippen LogP contribution in [0.15, 0.2) is 243 Å². The van der Waals surface area contributed by atoms with Gasteiger partial charge in [-0.15, -0.1) is 0 Å². The fourth-order valence-electron chi connectivity index (χ4n) is 9.67. The summed E-state index contributed by atoms with van der Waals surface area (Å²) in [6.45, 7) is 2.39. The molecule has 1 atom stereocenters. The molecule has 0 fully saturated rings. The molecule has 1 unspecified atom stereocenters. The number of benzene rings is 10. The molecule has 0 aromatic heterocycles. The highest BCUT2D eigenvalue weighted by molar-refractivity contribution is 5.98. The summed E-state index contributed by atoms with van der Waals surface area (Å²) in [6.07, 6.45) is 0. The number of nitrogens with zero attached hydrogens (tertiary/aromatic N) is 1. The van der Waals surface area contributed by atoms with Gasteiger partial charge in [-0.2, -0.15) is 0 Å². The number of hydrogen-bond acceptors (Lipinski definition) is 1. The Morgan fingerprint density at radius 3 is 1.61 bits per heavy atom. The van der Waals surface area contributed by atoms with E-state index in [0.29, 0.717) is 0 Å². The molecular formula is C60H43N. The van der Waals surface area contributed by atoms with Crippen LogP contribution in [0.3, 0.4) is 0 Å². The Morgan fingerprint density at radius 2 is 0.836 bits per heavy atom. The van der Waals surface area contributed by atoms with Gasteiger partial charge in [-0.3, -0.25) is 0 Å². The largest absolute Gasteiger partial charge is 0.310 e. The van der Waals surface area contributed by atoms with Crippen molar-refractivity contribution in [2.75, 3.05) is 4.90 Å².